The third-order valence-corrected chi connectivity index (χ3v) is 6.19. The summed E-state index contributed by atoms with van der Waals surface area (Å²) in [7, 11) is 3.62. The fourth-order valence-corrected chi connectivity index (χ4v) is 4.07. The Bertz CT molecular complexity index is 996. The van der Waals surface area contributed by atoms with Gasteiger partial charge in [0.1, 0.15) is 11.7 Å². The molecule has 2 aliphatic rings. The second-order valence-corrected chi connectivity index (χ2v) is 8.39. The predicted octanol–water partition coefficient (Wildman–Crippen LogP) is 3.27. The van der Waals surface area contributed by atoms with E-state index in [1.165, 1.54) is 12.1 Å². The third kappa shape index (κ3) is 4.19. The Balaban J connectivity index is 1.29. The number of aromatic nitrogens is 2. The number of anilines is 3. The molecule has 2 heterocycles. The van der Waals surface area contributed by atoms with Crippen LogP contribution in [-0.2, 0) is 16.1 Å². The van der Waals surface area contributed by atoms with Gasteiger partial charge in [-0.1, -0.05) is 6.07 Å². The Morgan fingerprint density at radius 1 is 1.19 bits per heavy atom. The molecule has 1 aliphatic heterocycles. The minimum Gasteiger partial charge on any atom is -0.374 e. The van der Waals surface area contributed by atoms with Crippen molar-refractivity contribution in [1.82, 2.24) is 9.97 Å². The quantitative estimate of drug-likeness (QED) is 0.757. The van der Waals surface area contributed by atoms with E-state index < -0.39 is 11.6 Å². The number of nitrogens with one attached hydrogen (secondary N) is 1. The van der Waals surface area contributed by atoms with Gasteiger partial charge in [0.05, 0.1) is 18.4 Å². The highest BCUT2D eigenvalue weighted by molar-refractivity contribution is 6.04. The first-order valence-corrected chi connectivity index (χ1v) is 10.4. The van der Waals surface area contributed by atoms with Crippen molar-refractivity contribution in [2.24, 2.45) is 5.92 Å². The van der Waals surface area contributed by atoms with Crippen molar-refractivity contribution in [2.45, 2.75) is 45.4 Å². The molecule has 1 fully saturated rings. The lowest BCUT2D eigenvalue weighted by Gasteiger charge is -2.38. The predicted molar refractivity (Wildman–Crippen MR) is 114 cm³/mol. The fraction of sp³-hybridized carbons (Fsp3) is 0.500. The lowest BCUT2D eigenvalue weighted by molar-refractivity contribution is -0.119. The Morgan fingerprint density at radius 3 is 2.65 bits per heavy atom. The number of fused-ring (bicyclic) bond motifs is 1. The molecule has 1 aromatic carbocycles. The summed E-state index contributed by atoms with van der Waals surface area (Å²) in [5.41, 5.74) is 2.12. The summed E-state index contributed by atoms with van der Waals surface area (Å²) >= 11 is 0. The summed E-state index contributed by atoms with van der Waals surface area (Å²) in [5.74, 6) is 0.0297. The van der Waals surface area contributed by atoms with Crippen LogP contribution < -0.4 is 15.1 Å². The van der Waals surface area contributed by atoms with Gasteiger partial charge in [-0.25, -0.2) is 13.8 Å². The average Bonchev–Trinajstić information content (AvgIpc) is 2.71. The summed E-state index contributed by atoms with van der Waals surface area (Å²) in [6, 6.07) is 3.55. The molecule has 4 rings (SSSR count). The van der Waals surface area contributed by atoms with E-state index in [1.807, 2.05) is 25.8 Å². The first-order chi connectivity index (χ1) is 14.7. The highest BCUT2D eigenvalue weighted by Gasteiger charge is 2.35. The number of carbonyl (C=O) groups is 1. The van der Waals surface area contributed by atoms with Crippen LogP contribution in [0.4, 0.5) is 26.2 Å². The molecule has 0 saturated heterocycles. The summed E-state index contributed by atoms with van der Waals surface area (Å²) in [6.07, 6.45) is 1.88. The fourth-order valence-electron chi connectivity index (χ4n) is 4.07. The van der Waals surface area contributed by atoms with Crippen LogP contribution in [0.25, 0.3) is 0 Å². The zero-order valence-corrected chi connectivity index (χ0v) is 18.2. The van der Waals surface area contributed by atoms with E-state index >= 15 is 0 Å². The van der Waals surface area contributed by atoms with E-state index in [9.17, 15) is 13.6 Å². The second-order valence-electron chi connectivity index (χ2n) is 8.39. The minimum absolute atomic E-state index is 0.0197. The number of hydrogen-bond acceptors (Lipinski definition) is 6. The number of halogens is 2. The van der Waals surface area contributed by atoms with Crippen molar-refractivity contribution < 1.29 is 18.3 Å². The van der Waals surface area contributed by atoms with E-state index in [0.29, 0.717) is 17.4 Å². The van der Waals surface area contributed by atoms with Gasteiger partial charge >= 0.3 is 0 Å². The van der Waals surface area contributed by atoms with E-state index in [2.05, 4.69) is 15.3 Å². The van der Waals surface area contributed by atoms with Crippen molar-refractivity contribution in [3.63, 3.8) is 0 Å². The van der Waals surface area contributed by atoms with Crippen molar-refractivity contribution in [3.05, 3.63) is 41.1 Å². The number of hydrogen-bond donors (Lipinski definition) is 1. The number of nitrogens with zero attached hydrogens (tertiary/aromatic N) is 4. The van der Waals surface area contributed by atoms with Gasteiger partial charge in [0, 0.05) is 20.6 Å². The number of ether oxygens (including phenoxy) is 1. The zero-order chi connectivity index (χ0) is 22.3. The average molecular weight is 431 g/mol. The number of benzene rings is 1. The van der Waals surface area contributed by atoms with Crippen molar-refractivity contribution >= 4 is 23.4 Å². The van der Waals surface area contributed by atoms with Crippen LogP contribution in [0, 0.1) is 24.5 Å². The first-order valence-electron chi connectivity index (χ1n) is 10.4. The van der Waals surface area contributed by atoms with Gasteiger partial charge in [0.15, 0.2) is 17.5 Å². The molecular weight excluding hydrogens is 404 g/mol. The van der Waals surface area contributed by atoms with Gasteiger partial charge in [-0.3, -0.25) is 4.79 Å². The molecule has 1 aliphatic carbocycles. The van der Waals surface area contributed by atoms with Gasteiger partial charge < -0.3 is 19.9 Å². The van der Waals surface area contributed by atoms with E-state index in [4.69, 9.17) is 4.74 Å². The van der Waals surface area contributed by atoms with Crippen LogP contribution in [0.5, 0.6) is 0 Å². The van der Waals surface area contributed by atoms with Gasteiger partial charge in [-0.05, 0) is 50.3 Å². The number of likely N-dealkylation sites (N-methyl/N-ethyl adjacent to an activating group) is 2. The molecular formula is C22H27F2N5O2. The molecule has 1 amide bonds. The second kappa shape index (κ2) is 8.37. The molecule has 0 radical (unpaired) electrons. The largest absolute Gasteiger partial charge is 0.374 e. The first kappa shape index (κ1) is 21.4. The Hall–Kier alpha value is -2.81. The molecule has 7 nitrogen and oxygen atoms in total. The molecule has 9 heteroatoms. The van der Waals surface area contributed by atoms with Crippen molar-refractivity contribution in [2.75, 3.05) is 35.8 Å². The molecule has 1 saturated carbocycles. The molecule has 0 spiro atoms. The molecule has 1 N–H and O–H groups in total. The maximum Gasteiger partial charge on any atom is 0.249 e. The van der Waals surface area contributed by atoms with Crippen LogP contribution in [-0.4, -0.2) is 48.7 Å². The highest BCUT2D eigenvalue weighted by Crippen LogP contribution is 2.36. The molecule has 166 valence electrons. The topological polar surface area (TPSA) is 70.6 Å². The lowest BCUT2D eigenvalue weighted by Crippen LogP contribution is -2.50. The summed E-state index contributed by atoms with van der Waals surface area (Å²) < 4.78 is 32.1. The van der Waals surface area contributed by atoms with Crippen LogP contribution >= 0.6 is 0 Å². The third-order valence-electron chi connectivity index (χ3n) is 6.19. The maximum absolute atomic E-state index is 13.3. The normalized spacial score (nSPS) is 22.9. The molecule has 0 unspecified atom stereocenters. The van der Waals surface area contributed by atoms with Crippen LogP contribution in [0.1, 0.15) is 31.0 Å². The van der Waals surface area contributed by atoms with Crippen LogP contribution in [0.3, 0.4) is 0 Å². The Kier molecular flexibility index (Phi) is 5.79. The number of amides is 1. The zero-order valence-electron chi connectivity index (χ0n) is 18.2. The maximum atomic E-state index is 13.3. The Morgan fingerprint density at radius 2 is 1.94 bits per heavy atom. The van der Waals surface area contributed by atoms with Crippen molar-refractivity contribution in [3.8, 4) is 0 Å². The SMILES string of the molecule is Cc1nc(NCC2CC(OCc3ccc(F)c(F)c3)C2)nc2c1N(C)C(=O)[C@H](C)N2C. The molecule has 31 heavy (non-hydrogen) atoms. The smallest absolute Gasteiger partial charge is 0.249 e. The van der Waals surface area contributed by atoms with E-state index in [0.717, 1.165) is 42.7 Å². The molecule has 2 aromatic rings. The van der Waals surface area contributed by atoms with Crippen LogP contribution in [0.15, 0.2) is 18.2 Å². The number of rotatable bonds is 6. The standard InChI is InChI=1S/C22H27F2N5O2/c1-12-19-20(28(3)13(2)21(30)29(19)4)27-22(26-12)25-10-15-7-16(8-15)31-11-14-5-6-17(23)18(24)9-14/h5-6,9,13,15-16H,7-8,10-11H2,1-4H3,(H,25,26,27)/t13-,15?,16?/m0/s1. The summed E-state index contributed by atoms with van der Waals surface area (Å²) in [4.78, 5) is 25.0. The lowest BCUT2D eigenvalue weighted by atomic mass is 9.82. The van der Waals surface area contributed by atoms with E-state index in [-0.39, 0.29) is 24.7 Å². The number of carbonyl (C=O) groups excluding carboxylic acids is 1. The number of aryl methyl sites for hydroxylation is 1. The van der Waals surface area contributed by atoms with Gasteiger partial charge in [-0.2, -0.15) is 4.98 Å². The molecule has 1 aromatic heterocycles. The van der Waals surface area contributed by atoms with Gasteiger partial charge in [0.25, 0.3) is 0 Å². The highest BCUT2D eigenvalue weighted by atomic mass is 19.2. The monoisotopic (exact) mass is 431 g/mol. The molecule has 0 bridgehead atoms. The van der Waals surface area contributed by atoms with E-state index in [1.54, 1.807) is 11.9 Å². The molecule has 1 atom stereocenters. The minimum atomic E-state index is -0.854. The van der Waals surface area contributed by atoms with Crippen molar-refractivity contribution in [1.29, 1.82) is 0 Å². The summed E-state index contributed by atoms with van der Waals surface area (Å²) in [6.45, 7) is 4.73. The summed E-state index contributed by atoms with van der Waals surface area (Å²) in [5, 5.41) is 3.31. The Labute approximate surface area is 180 Å². The van der Waals surface area contributed by atoms with Gasteiger partial charge in [0.2, 0.25) is 11.9 Å². The van der Waals surface area contributed by atoms with Crippen LogP contribution in [0.2, 0.25) is 0 Å². The van der Waals surface area contributed by atoms with Gasteiger partial charge in [-0.15, -0.1) is 0 Å².